The third-order valence-corrected chi connectivity index (χ3v) is 7.92. The highest BCUT2D eigenvalue weighted by molar-refractivity contribution is 6.57. The monoisotopic (exact) mass is 400 g/mol. The topological polar surface area (TPSA) is 36.3 Å². The number of nitrogens with zero attached hydrogens (tertiary/aromatic N) is 2. The standard InChI is InChI=1S/C24H24N2O2Si/c1-27-21-10-6-8-19(16-21)24(26-15-14-25-18-26,29-23-12-4-3-5-13-23)20-9-7-11-22(17-20)28-2/h3-18H,29H2,1-2H3. The molecule has 1 aromatic heterocycles. The van der Waals surface area contributed by atoms with Crippen LogP contribution in [0.5, 0.6) is 11.5 Å². The van der Waals surface area contributed by atoms with E-state index in [4.69, 9.17) is 9.47 Å². The maximum Gasteiger partial charge on any atom is 0.119 e. The van der Waals surface area contributed by atoms with Crippen molar-refractivity contribution < 1.29 is 9.47 Å². The molecule has 4 rings (SSSR count). The molecule has 0 atom stereocenters. The van der Waals surface area contributed by atoms with Crippen molar-refractivity contribution in [3.63, 3.8) is 0 Å². The molecule has 146 valence electrons. The number of ether oxygens (including phenoxy) is 2. The number of hydrogen-bond donors (Lipinski definition) is 0. The Kier molecular flexibility index (Phi) is 5.49. The predicted molar refractivity (Wildman–Crippen MR) is 119 cm³/mol. The van der Waals surface area contributed by atoms with Gasteiger partial charge in [0, 0.05) is 12.4 Å². The van der Waals surface area contributed by atoms with E-state index >= 15 is 0 Å². The summed E-state index contributed by atoms with van der Waals surface area (Å²) in [7, 11) is 2.51. The average molecular weight is 401 g/mol. The molecule has 0 amide bonds. The van der Waals surface area contributed by atoms with Gasteiger partial charge in [-0.1, -0.05) is 59.8 Å². The molecule has 5 heteroatoms. The summed E-state index contributed by atoms with van der Waals surface area (Å²) in [5.74, 6) is 1.69. The molecule has 0 radical (unpaired) electrons. The predicted octanol–water partition coefficient (Wildman–Crippen LogP) is 3.14. The van der Waals surface area contributed by atoms with Crippen LogP contribution in [0, 0.1) is 0 Å². The van der Waals surface area contributed by atoms with Gasteiger partial charge in [0.25, 0.3) is 0 Å². The SMILES string of the molecule is COc1cccc(C([SiH2]c2ccccc2)(c2cccc(OC)c2)n2ccnc2)c1. The van der Waals surface area contributed by atoms with Crippen molar-refractivity contribution in [3.05, 3.63) is 109 Å². The Hall–Kier alpha value is -3.31. The second-order valence-corrected chi connectivity index (χ2v) is 9.15. The largest absolute Gasteiger partial charge is 0.497 e. The quantitative estimate of drug-likeness (QED) is 0.447. The van der Waals surface area contributed by atoms with Gasteiger partial charge in [-0.15, -0.1) is 0 Å². The van der Waals surface area contributed by atoms with Gasteiger partial charge in [0.05, 0.1) is 35.2 Å². The van der Waals surface area contributed by atoms with Crippen LogP contribution in [0.3, 0.4) is 0 Å². The molecule has 0 N–H and O–H groups in total. The summed E-state index contributed by atoms with van der Waals surface area (Å²) in [5, 5.41) is 0.993. The zero-order valence-corrected chi connectivity index (χ0v) is 18.1. The third-order valence-electron chi connectivity index (χ3n) is 5.34. The molecule has 0 saturated carbocycles. The number of imidazole rings is 1. The van der Waals surface area contributed by atoms with Crippen LogP contribution < -0.4 is 14.7 Å². The Morgan fingerprint density at radius 2 is 1.41 bits per heavy atom. The molecule has 0 unspecified atom stereocenters. The fourth-order valence-corrected chi connectivity index (χ4v) is 6.21. The number of aromatic nitrogens is 2. The molecule has 3 aromatic carbocycles. The lowest BCUT2D eigenvalue weighted by molar-refractivity contribution is 0.411. The molecule has 0 bridgehead atoms. The van der Waals surface area contributed by atoms with Crippen molar-refractivity contribution in [2.24, 2.45) is 0 Å². The molecule has 4 aromatic rings. The maximum absolute atomic E-state index is 5.56. The van der Waals surface area contributed by atoms with Crippen molar-refractivity contribution in [2.45, 2.75) is 5.16 Å². The van der Waals surface area contributed by atoms with E-state index < -0.39 is 9.52 Å². The minimum absolute atomic E-state index is 0.374. The normalized spacial score (nSPS) is 11.7. The molecular weight excluding hydrogens is 376 g/mol. The van der Waals surface area contributed by atoms with Crippen molar-refractivity contribution in [1.29, 1.82) is 0 Å². The van der Waals surface area contributed by atoms with E-state index in [0.717, 1.165) is 11.5 Å². The first kappa shape index (κ1) is 19.0. The smallest absolute Gasteiger partial charge is 0.119 e. The molecule has 0 aliphatic rings. The Labute approximate surface area is 173 Å². The van der Waals surface area contributed by atoms with Crippen LogP contribution >= 0.6 is 0 Å². The van der Waals surface area contributed by atoms with E-state index in [1.54, 1.807) is 14.2 Å². The van der Waals surface area contributed by atoms with E-state index in [-0.39, 0.29) is 5.16 Å². The van der Waals surface area contributed by atoms with Crippen molar-refractivity contribution >= 4 is 14.7 Å². The first-order valence-electron chi connectivity index (χ1n) is 9.58. The molecule has 29 heavy (non-hydrogen) atoms. The average Bonchev–Trinajstić information content (AvgIpc) is 3.33. The summed E-state index contributed by atoms with van der Waals surface area (Å²) in [6.45, 7) is 0. The number of hydrogen-bond acceptors (Lipinski definition) is 3. The van der Waals surface area contributed by atoms with Gasteiger partial charge in [-0.05, 0) is 35.4 Å². The first-order chi connectivity index (χ1) is 14.3. The highest BCUT2D eigenvalue weighted by atomic mass is 28.2. The highest BCUT2D eigenvalue weighted by Crippen LogP contribution is 2.36. The van der Waals surface area contributed by atoms with Crippen LogP contribution in [-0.2, 0) is 5.16 Å². The molecular formula is C24H24N2O2Si. The van der Waals surface area contributed by atoms with Crippen molar-refractivity contribution in [1.82, 2.24) is 9.55 Å². The molecule has 0 aliphatic carbocycles. The van der Waals surface area contributed by atoms with Crippen LogP contribution in [-0.4, -0.2) is 33.3 Å². The maximum atomic E-state index is 5.56. The zero-order chi connectivity index (χ0) is 20.1. The van der Waals surface area contributed by atoms with Gasteiger partial charge in [0.2, 0.25) is 0 Å². The van der Waals surface area contributed by atoms with Crippen LogP contribution in [0.1, 0.15) is 11.1 Å². The lowest BCUT2D eigenvalue weighted by Crippen LogP contribution is -2.46. The second kappa shape index (κ2) is 8.37. The summed E-state index contributed by atoms with van der Waals surface area (Å²) < 4.78 is 13.4. The van der Waals surface area contributed by atoms with Gasteiger partial charge >= 0.3 is 0 Å². The van der Waals surface area contributed by atoms with Gasteiger partial charge in [-0.25, -0.2) is 4.98 Å². The van der Waals surface area contributed by atoms with E-state index in [2.05, 4.69) is 82.5 Å². The fourth-order valence-electron chi connectivity index (χ4n) is 3.90. The Morgan fingerprint density at radius 3 is 1.93 bits per heavy atom. The summed E-state index contributed by atoms with van der Waals surface area (Å²) in [4.78, 5) is 4.39. The lowest BCUT2D eigenvalue weighted by atomic mass is 9.96. The van der Waals surface area contributed by atoms with E-state index in [1.807, 2.05) is 24.7 Å². The molecule has 0 fully saturated rings. The van der Waals surface area contributed by atoms with Gasteiger partial charge in [0.15, 0.2) is 0 Å². The van der Waals surface area contributed by atoms with Crippen molar-refractivity contribution in [2.75, 3.05) is 14.2 Å². The van der Waals surface area contributed by atoms with Gasteiger partial charge in [0.1, 0.15) is 11.5 Å². The molecule has 0 aliphatic heterocycles. The molecule has 0 saturated heterocycles. The lowest BCUT2D eigenvalue weighted by Gasteiger charge is -2.37. The van der Waals surface area contributed by atoms with Crippen LogP contribution in [0.25, 0.3) is 0 Å². The summed E-state index contributed by atoms with van der Waals surface area (Å²) >= 11 is 0. The number of rotatable bonds is 7. The Bertz CT molecular complexity index is 1020. The number of benzene rings is 3. The Morgan fingerprint density at radius 1 is 0.793 bits per heavy atom. The fraction of sp³-hybridized carbons (Fsp3) is 0.125. The van der Waals surface area contributed by atoms with Crippen LogP contribution in [0.2, 0.25) is 0 Å². The summed E-state index contributed by atoms with van der Waals surface area (Å²) in [5.41, 5.74) is 2.36. The summed E-state index contributed by atoms with van der Waals surface area (Å²) in [6, 6.07) is 27.4. The second-order valence-electron chi connectivity index (χ2n) is 6.96. The van der Waals surface area contributed by atoms with Crippen LogP contribution in [0.15, 0.2) is 97.6 Å². The van der Waals surface area contributed by atoms with Gasteiger partial charge in [-0.3, -0.25) is 0 Å². The molecule has 0 spiro atoms. The van der Waals surface area contributed by atoms with E-state index in [1.165, 1.54) is 16.3 Å². The molecule has 4 nitrogen and oxygen atoms in total. The minimum Gasteiger partial charge on any atom is -0.497 e. The summed E-state index contributed by atoms with van der Waals surface area (Å²) in [6.07, 6.45) is 5.80. The van der Waals surface area contributed by atoms with Gasteiger partial charge in [-0.2, -0.15) is 0 Å². The van der Waals surface area contributed by atoms with Crippen LogP contribution in [0.4, 0.5) is 0 Å². The van der Waals surface area contributed by atoms with E-state index in [0.29, 0.717) is 0 Å². The Balaban J connectivity index is 2.01. The van der Waals surface area contributed by atoms with Crippen molar-refractivity contribution in [3.8, 4) is 11.5 Å². The number of methoxy groups -OCH3 is 2. The zero-order valence-electron chi connectivity index (χ0n) is 16.7. The minimum atomic E-state index is -0.905. The first-order valence-corrected chi connectivity index (χ1v) is 11.0. The highest BCUT2D eigenvalue weighted by Gasteiger charge is 2.37. The molecule has 1 heterocycles. The third kappa shape index (κ3) is 3.69. The van der Waals surface area contributed by atoms with E-state index in [9.17, 15) is 0 Å². The van der Waals surface area contributed by atoms with Gasteiger partial charge < -0.3 is 14.0 Å².